The number of aryl methyl sites for hydroxylation is 3. The number of ether oxygens (including phenoxy) is 1. The fourth-order valence-electron chi connectivity index (χ4n) is 3.13. The molecule has 1 N–H and O–H groups in total. The number of carbonyl (C=O) groups is 1. The molecule has 4 nitrogen and oxygen atoms in total. The van der Waals surface area contributed by atoms with Gasteiger partial charge >= 0.3 is 0 Å². The largest absolute Gasteiger partial charge is 0.497 e. The van der Waals surface area contributed by atoms with Gasteiger partial charge in [0.1, 0.15) is 5.75 Å². The summed E-state index contributed by atoms with van der Waals surface area (Å²) in [6.45, 7) is 1.99. The molecule has 0 saturated carbocycles. The van der Waals surface area contributed by atoms with Gasteiger partial charge in [-0.2, -0.15) is 0 Å². The highest BCUT2D eigenvalue weighted by molar-refractivity contribution is 7.09. The first-order chi connectivity index (χ1) is 11.2. The van der Waals surface area contributed by atoms with Gasteiger partial charge in [-0.15, -0.1) is 11.3 Å². The maximum Gasteiger partial charge on any atom is 0.220 e. The van der Waals surface area contributed by atoms with E-state index in [-0.39, 0.29) is 11.9 Å². The second-order valence-corrected chi connectivity index (χ2v) is 6.88. The van der Waals surface area contributed by atoms with Crippen LogP contribution in [0.4, 0.5) is 0 Å². The van der Waals surface area contributed by atoms with Crippen LogP contribution in [-0.2, 0) is 17.6 Å². The van der Waals surface area contributed by atoms with Gasteiger partial charge in [-0.25, -0.2) is 4.98 Å². The number of thiazole rings is 1. The van der Waals surface area contributed by atoms with Crippen LogP contribution in [0, 0.1) is 6.92 Å². The van der Waals surface area contributed by atoms with Crippen LogP contribution in [0.15, 0.2) is 23.7 Å². The summed E-state index contributed by atoms with van der Waals surface area (Å²) in [4.78, 5) is 17.7. The molecule has 0 aliphatic heterocycles. The molecular formula is C18H22N2O2S. The summed E-state index contributed by atoms with van der Waals surface area (Å²) >= 11 is 1.63. The lowest BCUT2D eigenvalue weighted by Gasteiger charge is -2.26. The van der Waals surface area contributed by atoms with Gasteiger partial charge in [-0.05, 0) is 55.9 Å². The monoisotopic (exact) mass is 330 g/mol. The summed E-state index contributed by atoms with van der Waals surface area (Å²) in [6.07, 6.45) is 4.44. The van der Waals surface area contributed by atoms with E-state index in [9.17, 15) is 4.79 Å². The van der Waals surface area contributed by atoms with Crippen LogP contribution >= 0.6 is 11.3 Å². The van der Waals surface area contributed by atoms with Crippen LogP contribution in [0.2, 0.25) is 0 Å². The molecule has 0 spiro atoms. The number of nitrogens with zero attached hydrogens (tertiary/aromatic N) is 1. The van der Waals surface area contributed by atoms with Crippen molar-refractivity contribution in [2.45, 2.75) is 45.1 Å². The second-order valence-electron chi connectivity index (χ2n) is 5.94. The minimum atomic E-state index is 0.117. The van der Waals surface area contributed by atoms with Crippen molar-refractivity contribution in [3.05, 3.63) is 45.4 Å². The Morgan fingerprint density at radius 1 is 1.48 bits per heavy atom. The highest BCUT2D eigenvalue weighted by Crippen LogP contribution is 2.32. The number of fused-ring (bicyclic) bond motifs is 1. The number of hydrogen-bond acceptors (Lipinski definition) is 4. The summed E-state index contributed by atoms with van der Waals surface area (Å²) in [5.41, 5.74) is 5.41. The molecule has 5 heteroatoms. The first-order valence-corrected chi connectivity index (χ1v) is 8.90. The molecule has 23 heavy (non-hydrogen) atoms. The van der Waals surface area contributed by atoms with E-state index in [0.717, 1.165) is 37.1 Å². The predicted molar refractivity (Wildman–Crippen MR) is 92.0 cm³/mol. The van der Waals surface area contributed by atoms with Crippen molar-refractivity contribution in [1.29, 1.82) is 0 Å². The molecule has 3 rings (SSSR count). The van der Waals surface area contributed by atoms with E-state index in [1.807, 2.05) is 18.5 Å². The lowest BCUT2D eigenvalue weighted by molar-refractivity contribution is -0.121. The summed E-state index contributed by atoms with van der Waals surface area (Å²) in [7, 11) is 1.69. The van der Waals surface area contributed by atoms with E-state index in [1.165, 1.54) is 16.0 Å². The molecule has 0 saturated heterocycles. The van der Waals surface area contributed by atoms with E-state index in [0.29, 0.717) is 6.42 Å². The number of amides is 1. The maximum atomic E-state index is 12.3. The normalized spacial score (nSPS) is 16.7. The van der Waals surface area contributed by atoms with Crippen molar-refractivity contribution in [2.75, 3.05) is 7.11 Å². The van der Waals surface area contributed by atoms with Gasteiger partial charge in [0.15, 0.2) is 0 Å². The summed E-state index contributed by atoms with van der Waals surface area (Å²) < 4.78 is 5.30. The van der Waals surface area contributed by atoms with Crippen LogP contribution in [0.25, 0.3) is 0 Å². The number of rotatable bonds is 5. The summed E-state index contributed by atoms with van der Waals surface area (Å²) in [5.74, 6) is 1.00. The molecule has 1 atom stereocenters. The minimum absolute atomic E-state index is 0.117. The van der Waals surface area contributed by atoms with Gasteiger partial charge in [0.05, 0.1) is 24.4 Å². The highest BCUT2D eigenvalue weighted by atomic mass is 32.1. The van der Waals surface area contributed by atoms with Gasteiger partial charge in [0.2, 0.25) is 5.91 Å². The lowest BCUT2D eigenvalue weighted by Crippen LogP contribution is -2.31. The zero-order valence-corrected chi connectivity index (χ0v) is 14.4. The Hall–Kier alpha value is -1.88. The average Bonchev–Trinajstić information content (AvgIpc) is 2.98. The van der Waals surface area contributed by atoms with Crippen LogP contribution in [0.3, 0.4) is 0 Å². The molecule has 2 aromatic rings. The first kappa shape index (κ1) is 16.0. The zero-order chi connectivity index (χ0) is 16.2. The van der Waals surface area contributed by atoms with E-state index in [1.54, 1.807) is 18.4 Å². The maximum absolute atomic E-state index is 12.3. The number of benzene rings is 1. The van der Waals surface area contributed by atoms with Crippen molar-refractivity contribution >= 4 is 17.2 Å². The van der Waals surface area contributed by atoms with Crippen LogP contribution in [-0.4, -0.2) is 18.0 Å². The smallest absolute Gasteiger partial charge is 0.220 e. The number of nitrogens with one attached hydrogen (secondary N) is 1. The third kappa shape index (κ3) is 3.72. The highest BCUT2D eigenvalue weighted by Gasteiger charge is 2.22. The van der Waals surface area contributed by atoms with E-state index in [2.05, 4.69) is 22.4 Å². The summed E-state index contributed by atoms with van der Waals surface area (Å²) in [5, 5.41) is 3.20. The van der Waals surface area contributed by atoms with Crippen LogP contribution in [0.1, 0.15) is 47.0 Å². The number of methoxy groups -OCH3 is 1. The van der Waals surface area contributed by atoms with Gasteiger partial charge in [0, 0.05) is 11.3 Å². The second kappa shape index (κ2) is 7.13. The molecule has 1 aliphatic carbocycles. The van der Waals surface area contributed by atoms with Gasteiger partial charge < -0.3 is 10.1 Å². The average molecular weight is 330 g/mol. The molecule has 0 radical (unpaired) electrons. The molecule has 1 heterocycles. The third-order valence-electron chi connectivity index (χ3n) is 4.42. The molecule has 0 bridgehead atoms. The van der Waals surface area contributed by atoms with E-state index >= 15 is 0 Å². The molecule has 0 unspecified atom stereocenters. The Bertz CT molecular complexity index is 696. The number of hydrogen-bond donors (Lipinski definition) is 1. The van der Waals surface area contributed by atoms with Crippen molar-refractivity contribution in [1.82, 2.24) is 10.3 Å². The van der Waals surface area contributed by atoms with Crippen LogP contribution in [0.5, 0.6) is 5.75 Å². The fraction of sp³-hybridized carbons (Fsp3) is 0.444. The molecule has 122 valence electrons. The zero-order valence-electron chi connectivity index (χ0n) is 13.6. The Labute approximate surface area is 140 Å². The standard InChI is InChI=1S/C18H22N2O2S/c1-12-17(23-11-19-12)8-9-18(21)20-16-5-3-4-13-10-14(22-2)6-7-15(13)16/h6-7,10-11,16H,3-5,8-9H2,1-2H3,(H,20,21)/t16-/m1/s1. The Morgan fingerprint density at radius 2 is 2.35 bits per heavy atom. The van der Waals surface area contributed by atoms with E-state index < -0.39 is 0 Å². The molecule has 1 aliphatic rings. The number of aromatic nitrogens is 1. The molecule has 0 fully saturated rings. The van der Waals surface area contributed by atoms with Crippen molar-refractivity contribution < 1.29 is 9.53 Å². The van der Waals surface area contributed by atoms with Crippen LogP contribution < -0.4 is 10.1 Å². The predicted octanol–water partition coefficient (Wildman–Crippen LogP) is 3.59. The van der Waals surface area contributed by atoms with Crippen molar-refractivity contribution in [2.24, 2.45) is 0 Å². The summed E-state index contributed by atoms with van der Waals surface area (Å²) in [6, 6.07) is 6.28. The molecule has 1 aromatic heterocycles. The SMILES string of the molecule is COc1ccc2c(c1)CCC[C@H]2NC(=O)CCc1scnc1C. The Balaban J connectivity index is 1.62. The molecule has 1 amide bonds. The third-order valence-corrected chi connectivity index (χ3v) is 5.42. The van der Waals surface area contributed by atoms with E-state index in [4.69, 9.17) is 4.74 Å². The molecular weight excluding hydrogens is 308 g/mol. The first-order valence-electron chi connectivity index (χ1n) is 8.02. The van der Waals surface area contributed by atoms with Gasteiger partial charge in [0.25, 0.3) is 0 Å². The number of carbonyl (C=O) groups excluding carboxylic acids is 1. The lowest BCUT2D eigenvalue weighted by atomic mass is 9.87. The van der Waals surface area contributed by atoms with Crippen molar-refractivity contribution in [3.63, 3.8) is 0 Å². The quantitative estimate of drug-likeness (QED) is 0.911. The minimum Gasteiger partial charge on any atom is -0.497 e. The van der Waals surface area contributed by atoms with Crippen molar-refractivity contribution in [3.8, 4) is 5.75 Å². The van der Waals surface area contributed by atoms with Gasteiger partial charge in [-0.3, -0.25) is 4.79 Å². The molecule has 1 aromatic carbocycles. The fourth-order valence-corrected chi connectivity index (χ4v) is 3.91. The topological polar surface area (TPSA) is 51.2 Å². The van der Waals surface area contributed by atoms with Gasteiger partial charge in [-0.1, -0.05) is 6.07 Å². The Morgan fingerprint density at radius 3 is 3.09 bits per heavy atom. The Kier molecular flexibility index (Phi) is 4.96.